The highest BCUT2D eigenvalue weighted by Gasteiger charge is 2.55. The summed E-state index contributed by atoms with van der Waals surface area (Å²) in [5.74, 6) is -0.536. The number of rotatable bonds is 4. The van der Waals surface area contributed by atoms with Gasteiger partial charge in [0.05, 0.1) is 5.54 Å². The normalized spacial score (nSPS) is 23.9. The van der Waals surface area contributed by atoms with Gasteiger partial charge in [0, 0.05) is 4.47 Å². The van der Waals surface area contributed by atoms with Gasteiger partial charge in [-0.05, 0) is 56.7 Å². The minimum absolute atomic E-state index is 0.252. The van der Waals surface area contributed by atoms with Crippen LogP contribution in [0.3, 0.4) is 0 Å². The number of imide groups is 1. The van der Waals surface area contributed by atoms with E-state index < -0.39 is 23.2 Å². The Labute approximate surface area is 167 Å². The molecule has 7 heteroatoms. The standard InChI is InChI=1S/C20H24BrN3O3/c1-13(24-17(26)20(23-18(24)27)8-2-3-9-20)16(25)22-19(10-5-11-19)14-6-4-7-15(21)12-14/h4,6-7,12-13H,2-3,5,8-11H2,1H3,(H,22,25)(H,23,27). The van der Waals surface area contributed by atoms with Gasteiger partial charge in [-0.1, -0.05) is 40.9 Å². The van der Waals surface area contributed by atoms with Gasteiger partial charge in [0.1, 0.15) is 11.6 Å². The van der Waals surface area contributed by atoms with Crippen molar-refractivity contribution in [3.05, 3.63) is 34.3 Å². The van der Waals surface area contributed by atoms with Crippen molar-refractivity contribution in [1.82, 2.24) is 15.5 Å². The number of amides is 4. The maximum atomic E-state index is 13.0. The Balaban J connectivity index is 1.52. The summed E-state index contributed by atoms with van der Waals surface area (Å²) in [5, 5.41) is 5.98. The molecule has 27 heavy (non-hydrogen) atoms. The van der Waals surface area contributed by atoms with Crippen molar-refractivity contribution >= 4 is 33.8 Å². The number of hydrogen-bond donors (Lipinski definition) is 2. The first-order valence-electron chi connectivity index (χ1n) is 9.61. The molecule has 2 aliphatic carbocycles. The van der Waals surface area contributed by atoms with E-state index in [9.17, 15) is 14.4 Å². The average Bonchev–Trinajstić information content (AvgIpc) is 3.16. The first-order chi connectivity index (χ1) is 12.9. The van der Waals surface area contributed by atoms with Gasteiger partial charge in [0.2, 0.25) is 5.91 Å². The molecule has 1 unspecified atom stereocenters. The maximum Gasteiger partial charge on any atom is 0.325 e. The molecule has 1 aromatic rings. The van der Waals surface area contributed by atoms with Gasteiger partial charge >= 0.3 is 6.03 Å². The van der Waals surface area contributed by atoms with Gasteiger partial charge in [-0.3, -0.25) is 9.59 Å². The second-order valence-electron chi connectivity index (χ2n) is 8.01. The van der Waals surface area contributed by atoms with E-state index in [4.69, 9.17) is 0 Å². The lowest BCUT2D eigenvalue weighted by molar-refractivity contribution is -0.139. The fourth-order valence-electron chi connectivity index (χ4n) is 4.57. The molecule has 0 bridgehead atoms. The van der Waals surface area contributed by atoms with Crippen LogP contribution < -0.4 is 10.6 Å². The number of hydrogen-bond acceptors (Lipinski definition) is 3. The molecule has 2 N–H and O–H groups in total. The van der Waals surface area contributed by atoms with Crippen LogP contribution in [0.15, 0.2) is 28.7 Å². The van der Waals surface area contributed by atoms with Gasteiger partial charge in [0.25, 0.3) is 5.91 Å². The van der Waals surface area contributed by atoms with Gasteiger partial charge in [0.15, 0.2) is 0 Å². The van der Waals surface area contributed by atoms with Crippen molar-refractivity contribution in [1.29, 1.82) is 0 Å². The Morgan fingerprint density at radius 1 is 1.19 bits per heavy atom. The minimum atomic E-state index is -0.831. The number of halogens is 1. The molecular weight excluding hydrogens is 410 g/mol. The molecule has 1 aromatic carbocycles. The first kappa shape index (κ1) is 18.5. The topological polar surface area (TPSA) is 78.5 Å². The summed E-state index contributed by atoms with van der Waals surface area (Å²) in [5.41, 5.74) is -0.156. The van der Waals surface area contributed by atoms with Crippen LogP contribution in [0.5, 0.6) is 0 Å². The van der Waals surface area contributed by atoms with Crippen LogP contribution in [-0.4, -0.2) is 34.3 Å². The monoisotopic (exact) mass is 433 g/mol. The molecule has 1 spiro atoms. The number of carbonyl (C=O) groups excluding carboxylic acids is 3. The van der Waals surface area contributed by atoms with E-state index in [0.29, 0.717) is 12.8 Å². The van der Waals surface area contributed by atoms with E-state index in [1.165, 1.54) is 0 Å². The Bertz CT molecular complexity index is 799. The highest BCUT2D eigenvalue weighted by molar-refractivity contribution is 9.10. The molecule has 2 saturated carbocycles. The number of urea groups is 1. The lowest BCUT2D eigenvalue weighted by Crippen LogP contribution is -2.57. The lowest BCUT2D eigenvalue weighted by Gasteiger charge is -2.44. The molecule has 144 valence electrons. The maximum absolute atomic E-state index is 13.0. The second-order valence-corrected chi connectivity index (χ2v) is 8.92. The van der Waals surface area contributed by atoms with Crippen LogP contribution in [0.25, 0.3) is 0 Å². The van der Waals surface area contributed by atoms with E-state index in [0.717, 1.165) is 47.0 Å². The zero-order valence-electron chi connectivity index (χ0n) is 15.4. The third-order valence-corrected chi connectivity index (χ3v) is 6.86. The summed E-state index contributed by atoms with van der Waals surface area (Å²) in [6, 6.07) is 6.66. The summed E-state index contributed by atoms with van der Waals surface area (Å²) >= 11 is 3.49. The molecular formula is C20H24BrN3O3. The van der Waals surface area contributed by atoms with Crippen LogP contribution in [0.1, 0.15) is 57.4 Å². The third-order valence-electron chi connectivity index (χ3n) is 6.36. The molecule has 6 nitrogen and oxygen atoms in total. The van der Waals surface area contributed by atoms with Crippen molar-refractivity contribution in [3.8, 4) is 0 Å². The Morgan fingerprint density at radius 2 is 1.89 bits per heavy atom. The number of carbonyl (C=O) groups is 3. The smallest absolute Gasteiger partial charge is 0.325 e. The number of benzene rings is 1. The summed E-state index contributed by atoms with van der Waals surface area (Å²) < 4.78 is 0.964. The van der Waals surface area contributed by atoms with Gasteiger partial charge < -0.3 is 10.6 Å². The van der Waals surface area contributed by atoms with Crippen molar-refractivity contribution in [2.45, 2.75) is 69.0 Å². The van der Waals surface area contributed by atoms with Gasteiger partial charge in [-0.2, -0.15) is 0 Å². The van der Waals surface area contributed by atoms with Crippen LogP contribution in [0.4, 0.5) is 4.79 Å². The first-order valence-corrected chi connectivity index (χ1v) is 10.4. The number of nitrogens with zero attached hydrogens (tertiary/aromatic N) is 1. The molecule has 3 fully saturated rings. The molecule has 1 saturated heterocycles. The molecule has 1 atom stereocenters. The average molecular weight is 434 g/mol. The fraction of sp³-hybridized carbons (Fsp3) is 0.550. The summed E-state index contributed by atoms with van der Waals surface area (Å²) in [6.45, 7) is 1.63. The predicted molar refractivity (Wildman–Crippen MR) is 104 cm³/mol. The minimum Gasteiger partial charge on any atom is -0.345 e. The van der Waals surface area contributed by atoms with Crippen LogP contribution in [-0.2, 0) is 15.1 Å². The Hall–Kier alpha value is -1.89. The molecule has 4 rings (SSSR count). The molecule has 1 heterocycles. The van der Waals surface area contributed by atoms with E-state index in [1.807, 2.05) is 24.3 Å². The summed E-state index contributed by atoms with van der Waals surface area (Å²) in [4.78, 5) is 39.5. The highest BCUT2D eigenvalue weighted by atomic mass is 79.9. The number of nitrogens with one attached hydrogen (secondary N) is 2. The highest BCUT2D eigenvalue weighted by Crippen LogP contribution is 2.42. The Kier molecular flexibility index (Phi) is 4.53. The zero-order chi connectivity index (χ0) is 19.2. The zero-order valence-corrected chi connectivity index (χ0v) is 17.0. The lowest BCUT2D eigenvalue weighted by atomic mass is 9.71. The fourth-order valence-corrected chi connectivity index (χ4v) is 4.97. The third kappa shape index (κ3) is 2.96. The SMILES string of the molecule is CC(C(=O)NC1(c2cccc(Br)c2)CCC1)N1C(=O)NC2(CCCC2)C1=O. The summed E-state index contributed by atoms with van der Waals surface area (Å²) in [7, 11) is 0. The molecule has 0 radical (unpaired) electrons. The largest absolute Gasteiger partial charge is 0.345 e. The summed E-state index contributed by atoms with van der Waals surface area (Å²) in [6.07, 6.45) is 5.90. The molecule has 4 amide bonds. The van der Waals surface area contributed by atoms with E-state index in [1.54, 1.807) is 6.92 Å². The van der Waals surface area contributed by atoms with Crippen LogP contribution in [0, 0.1) is 0 Å². The van der Waals surface area contributed by atoms with Crippen LogP contribution >= 0.6 is 15.9 Å². The molecule has 0 aromatic heterocycles. The van der Waals surface area contributed by atoms with Crippen LogP contribution in [0.2, 0.25) is 0 Å². The van der Waals surface area contributed by atoms with Crippen molar-refractivity contribution < 1.29 is 14.4 Å². The molecule has 3 aliphatic rings. The second kappa shape index (κ2) is 6.62. The predicted octanol–water partition coefficient (Wildman–Crippen LogP) is 3.20. The van der Waals surface area contributed by atoms with E-state index in [-0.39, 0.29) is 11.8 Å². The van der Waals surface area contributed by atoms with Gasteiger partial charge in [-0.15, -0.1) is 0 Å². The quantitative estimate of drug-likeness (QED) is 0.715. The van der Waals surface area contributed by atoms with E-state index >= 15 is 0 Å². The van der Waals surface area contributed by atoms with Crippen molar-refractivity contribution in [2.24, 2.45) is 0 Å². The van der Waals surface area contributed by atoms with Crippen molar-refractivity contribution in [3.63, 3.8) is 0 Å². The van der Waals surface area contributed by atoms with Gasteiger partial charge in [-0.25, -0.2) is 9.69 Å². The van der Waals surface area contributed by atoms with Crippen molar-refractivity contribution in [2.75, 3.05) is 0 Å². The Morgan fingerprint density at radius 3 is 2.48 bits per heavy atom. The van der Waals surface area contributed by atoms with E-state index in [2.05, 4.69) is 26.6 Å². The molecule has 1 aliphatic heterocycles.